The molecular formula is C53H102O6. The summed E-state index contributed by atoms with van der Waals surface area (Å²) in [6.45, 7) is 11.3. The molecule has 0 unspecified atom stereocenters. The minimum Gasteiger partial charge on any atom is -0.462 e. The SMILES string of the molecule is CCCCCCCCCC(=O)O[C@H](COC(=O)CCCCCCCCCCCCCCCCCCCCC(C)C)COC(=O)CCCCCCCCCCCCC(C)C. The average molecular weight is 835 g/mol. The lowest BCUT2D eigenvalue weighted by Gasteiger charge is -2.18. The molecule has 0 saturated heterocycles. The van der Waals surface area contributed by atoms with E-state index in [9.17, 15) is 14.4 Å². The van der Waals surface area contributed by atoms with Crippen LogP contribution in [0.3, 0.4) is 0 Å². The summed E-state index contributed by atoms with van der Waals surface area (Å²) in [4.78, 5) is 37.8. The van der Waals surface area contributed by atoms with Crippen molar-refractivity contribution in [2.24, 2.45) is 11.8 Å². The lowest BCUT2D eigenvalue weighted by atomic mass is 10.0. The highest BCUT2D eigenvalue weighted by Gasteiger charge is 2.19. The molecular weight excluding hydrogens is 733 g/mol. The van der Waals surface area contributed by atoms with E-state index in [1.54, 1.807) is 0 Å². The number of carbonyl (C=O) groups excluding carboxylic acids is 3. The fourth-order valence-electron chi connectivity index (χ4n) is 7.99. The van der Waals surface area contributed by atoms with Crippen molar-refractivity contribution >= 4 is 17.9 Å². The first-order valence-corrected chi connectivity index (χ1v) is 26.2. The van der Waals surface area contributed by atoms with Crippen LogP contribution in [0.25, 0.3) is 0 Å². The van der Waals surface area contributed by atoms with Gasteiger partial charge in [0.1, 0.15) is 13.2 Å². The summed E-state index contributed by atoms with van der Waals surface area (Å²) in [6, 6.07) is 0. The summed E-state index contributed by atoms with van der Waals surface area (Å²) >= 11 is 0. The third kappa shape index (κ3) is 47.3. The average Bonchev–Trinajstić information content (AvgIpc) is 3.20. The van der Waals surface area contributed by atoms with Gasteiger partial charge in [-0.1, -0.05) is 253 Å². The monoisotopic (exact) mass is 835 g/mol. The smallest absolute Gasteiger partial charge is 0.306 e. The van der Waals surface area contributed by atoms with Crippen molar-refractivity contribution in [2.45, 2.75) is 298 Å². The summed E-state index contributed by atoms with van der Waals surface area (Å²) < 4.78 is 16.7. The Hall–Kier alpha value is -1.59. The van der Waals surface area contributed by atoms with Gasteiger partial charge in [0.05, 0.1) is 0 Å². The molecule has 350 valence electrons. The van der Waals surface area contributed by atoms with E-state index in [1.807, 2.05) is 0 Å². The van der Waals surface area contributed by atoms with E-state index in [1.165, 1.54) is 180 Å². The largest absolute Gasteiger partial charge is 0.462 e. The number of hydrogen-bond acceptors (Lipinski definition) is 6. The molecule has 0 spiro atoms. The van der Waals surface area contributed by atoms with Gasteiger partial charge in [0.25, 0.3) is 0 Å². The fourth-order valence-corrected chi connectivity index (χ4v) is 7.99. The fraction of sp³-hybridized carbons (Fsp3) is 0.943. The molecule has 0 radical (unpaired) electrons. The van der Waals surface area contributed by atoms with Crippen LogP contribution in [-0.4, -0.2) is 37.2 Å². The second-order valence-corrected chi connectivity index (χ2v) is 19.1. The first kappa shape index (κ1) is 57.4. The van der Waals surface area contributed by atoms with E-state index in [4.69, 9.17) is 14.2 Å². The summed E-state index contributed by atoms with van der Waals surface area (Å²) in [6.07, 6.45) is 46.8. The van der Waals surface area contributed by atoms with Crippen molar-refractivity contribution < 1.29 is 28.6 Å². The van der Waals surface area contributed by atoms with Gasteiger partial charge in [-0.15, -0.1) is 0 Å². The lowest BCUT2D eigenvalue weighted by molar-refractivity contribution is -0.167. The first-order valence-electron chi connectivity index (χ1n) is 26.2. The van der Waals surface area contributed by atoms with Crippen molar-refractivity contribution in [2.75, 3.05) is 13.2 Å². The normalized spacial score (nSPS) is 12.1. The van der Waals surface area contributed by atoms with Gasteiger partial charge in [0, 0.05) is 19.3 Å². The summed E-state index contributed by atoms with van der Waals surface area (Å²) in [5.41, 5.74) is 0. The number of esters is 3. The van der Waals surface area contributed by atoms with Crippen LogP contribution in [0.15, 0.2) is 0 Å². The molecule has 0 fully saturated rings. The molecule has 0 aliphatic carbocycles. The zero-order valence-electron chi connectivity index (χ0n) is 40.4. The minimum atomic E-state index is -0.760. The third-order valence-electron chi connectivity index (χ3n) is 12.0. The number of ether oxygens (including phenoxy) is 3. The van der Waals surface area contributed by atoms with Crippen molar-refractivity contribution in [1.82, 2.24) is 0 Å². The maximum atomic E-state index is 12.7. The predicted molar refractivity (Wildman–Crippen MR) is 252 cm³/mol. The quantitative estimate of drug-likeness (QED) is 0.0345. The van der Waals surface area contributed by atoms with E-state index in [0.717, 1.165) is 69.6 Å². The molecule has 59 heavy (non-hydrogen) atoms. The van der Waals surface area contributed by atoms with Crippen molar-refractivity contribution in [3.63, 3.8) is 0 Å². The molecule has 0 rings (SSSR count). The molecule has 0 aromatic heterocycles. The molecule has 0 saturated carbocycles. The van der Waals surface area contributed by atoms with Gasteiger partial charge in [0.2, 0.25) is 0 Å². The molecule has 0 aliphatic rings. The third-order valence-corrected chi connectivity index (χ3v) is 12.0. The van der Waals surface area contributed by atoms with Crippen LogP contribution in [0, 0.1) is 11.8 Å². The highest BCUT2D eigenvalue weighted by Crippen LogP contribution is 2.17. The van der Waals surface area contributed by atoms with Gasteiger partial charge in [-0.3, -0.25) is 14.4 Å². The maximum absolute atomic E-state index is 12.7. The van der Waals surface area contributed by atoms with Crippen molar-refractivity contribution in [1.29, 1.82) is 0 Å². The Morgan fingerprint density at radius 3 is 0.831 bits per heavy atom. The van der Waals surface area contributed by atoms with Crippen LogP contribution in [0.2, 0.25) is 0 Å². The molecule has 6 nitrogen and oxygen atoms in total. The molecule has 0 N–H and O–H groups in total. The van der Waals surface area contributed by atoms with Crippen LogP contribution in [-0.2, 0) is 28.6 Å². The zero-order chi connectivity index (χ0) is 43.3. The Labute approximate surface area is 368 Å². The molecule has 1 atom stereocenters. The molecule has 0 aromatic carbocycles. The van der Waals surface area contributed by atoms with Crippen LogP contribution in [0.5, 0.6) is 0 Å². The molecule has 0 aliphatic heterocycles. The summed E-state index contributed by atoms with van der Waals surface area (Å²) in [7, 11) is 0. The van der Waals surface area contributed by atoms with E-state index in [2.05, 4.69) is 34.6 Å². The van der Waals surface area contributed by atoms with Gasteiger partial charge < -0.3 is 14.2 Å². The van der Waals surface area contributed by atoms with Crippen LogP contribution in [0.1, 0.15) is 291 Å². The Kier molecular flexibility index (Phi) is 44.7. The van der Waals surface area contributed by atoms with E-state index >= 15 is 0 Å². The van der Waals surface area contributed by atoms with Gasteiger partial charge in [-0.05, 0) is 31.1 Å². The molecule has 0 aromatic rings. The molecule has 0 bridgehead atoms. The standard InChI is InChI=1S/C53H102O6/c1-6-7-8-9-26-35-40-45-53(56)59-50(47-58-52(55)44-39-34-30-25-21-20-23-28-32-37-42-49(4)5)46-57-51(54)43-38-33-29-24-19-17-15-13-11-10-12-14-16-18-22-27-31-36-41-48(2)3/h48-50H,6-47H2,1-5H3/t50-/m1/s1. The maximum Gasteiger partial charge on any atom is 0.306 e. The highest BCUT2D eigenvalue weighted by atomic mass is 16.6. The van der Waals surface area contributed by atoms with Crippen molar-refractivity contribution in [3.05, 3.63) is 0 Å². The van der Waals surface area contributed by atoms with Gasteiger partial charge in [-0.2, -0.15) is 0 Å². The van der Waals surface area contributed by atoms with Gasteiger partial charge >= 0.3 is 17.9 Å². The van der Waals surface area contributed by atoms with E-state index in [-0.39, 0.29) is 31.1 Å². The van der Waals surface area contributed by atoms with Crippen LogP contribution >= 0.6 is 0 Å². The second-order valence-electron chi connectivity index (χ2n) is 19.1. The van der Waals surface area contributed by atoms with Gasteiger partial charge in [-0.25, -0.2) is 0 Å². The topological polar surface area (TPSA) is 78.9 Å². The number of rotatable bonds is 47. The lowest BCUT2D eigenvalue weighted by Crippen LogP contribution is -2.30. The van der Waals surface area contributed by atoms with Gasteiger partial charge in [0.15, 0.2) is 6.10 Å². The van der Waals surface area contributed by atoms with Crippen LogP contribution < -0.4 is 0 Å². The molecule has 0 heterocycles. The van der Waals surface area contributed by atoms with E-state index in [0.29, 0.717) is 19.3 Å². The first-order chi connectivity index (χ1) is 28.7. The number of unbranched alkanes of at least 4 members (excludes halogenated alkanes) is 32. The Balaban J connectivity index is 4.10. The molecule has 0 amide bonds. The summed E-state index contributed by atoms with van der Waals surface area (Å²) in [5.74, 6) is 0.823. The summed E-state index contributed by atoms with van der Waals surface area (Å²) in [5, 5.41) is 0. The minimum absolute atomic E-state index is 0.0642. The highest BCUT2D eigenvalue weighted by molar-refractivity contribution is 5.71. The van der Waals surface area contributed by atoms with Crippen molar-refractivity contribution in [3.8, 4) is 0 Å². The number of hydrogen-bond donors (Lipinski definition) is 0. The Morgan fingerprint density at radius 1 is 0.322 bits per heavy atom. The van der Waals surface area contributed by atoms with Crippen LogP contribution in [0.4, 0.5) is 0 Å². The zero-order valence-corrected chi connectivity index (χ0v) is 40.4. The van der Waals surface area contributed by atoms with E-state index < -0.39 is 6.10 Å². The number of carbonyl (C=O) groups is 3. The Bertz CT molecular complexity index is 900. The predicted octanol–water partition coefficient (Wildman–Crippen LogP) is 16.9. The molecule has 6 heteroatoms. The Morgan fingerprint density at radius 2 is 0.559 bits per heavy atom. The second kappa shape index (κ2) is 45.9.